The zero-order chi connectivity index (χ0) is 12.8. The molecule has 0 amide bonds. The van der Waals surface area contributed by atoms with Crippen molar-refractivity contribution >= 4 is 10.0 Å². The number of piperidine rings is 1. The lowest BCUT2D eigenvalue weighted by Gasteiger charge is -2.26. The summed E-state index contributed by atoms with van der Waals surface area (Å²) in [6.07, 6.45) is 5.88. The highest BCUT2D eigenvalue weighted by Crippen LogP contribution is 2.08. The summed E-state index contributed by atoms with van der Waals surface area (Å²) in [6.45, 7) is 4.58. The number of hydrogen-bond acceptors (Lipinski definition) is 4. The Bertz CT molecular complexity index is 333. The normalized spacial score (nSPS) is 26.6. The van der Waals surface area contributed by atoms with Gasteiger partial charge in [0.25, 0.3) is 0 Å². The molecule has 2 N–H and O–H groups in total. The van der Waals surface area contributed by atoms with Crippen molar-refractivity contribution in [2.75, 3.05) is 38.5 Å². The van der Waals surface area contributed by atoms with Crippen molar-refractivity contribution < 1.29 is 8.42 Å². The van der Waals surface area contributed by atoms with Gasteiger partial charge in [0.1, 0.15) is 0 Å². The smallest absolute Gasteiger partial charge is 0.213 e. The van der Waals surface area contributed by atoms with E-state index in [-0.39, 0.29) is 11.8 Å². The van der Waals surface area contributed by atoms with Gasteiger partial charge in [-0.2, -0.15) is 0 Å². The molecule has 0 radical (unpaired) electrons. The first kappa shape index (κ1) is 14.2. The van der Waals surface area contributed by atoms with Gasteiger partial charge in [-0.1, -0.05) is 6.42 Å². The summed E-state index contributed by atoms with van der Waals surface area (Å²) in [7, 11) is -3.10. The fourth-order valence-electron chi connectivity index (χ4n) is 2.77. The van der Waals surface area contributed by atoms with Gasteiger partial charge in [0.05, 0.1) is 5.75 Å². The molecule has 2 heterocycles. The van der Waals surface area contributed by atoms with Crippen molar-refractivity contribution in [2.45, 2.75) is 38.1 Å². The zero-order valence-electron chi connectivity index (χ0n) is 11.0. The Morgan fingerprint density at radius 2 is 1.94 bits per heavy atom. The summed E-state index contributed by atoms with van der Waals surface area (Å²) >= 11 is 0. The molecule has 0 aromatic heterocycles. The predicted octanol–water partition coefficient (Wildman–Crippen LogP) is 0.144. The number of likely N-dealkylation sites (tertiary alicyclic amines) is 1. The van der Waals surface area contributed by atoms with E-state index in [1.54, 1.807) is 0 Å². The molecule has 2 aliphatic rings. The fourth-order valence-corrected chi connectivity index (χ4v) is 4.10. The van der Waals surface area contributed by atoms with Crippen LogP contribution in [0.5, 0.6) is 0 Å². The maximum Gasteiger partial charge on any atom is 0.213 e. The van der Waals surface area contributed by atoms with Crippen LogP contribution in [0.2, 0.25) is 0 Å². The van der Waals surface area contributed by atoms with Crippen LogP contribution in [-0.2, 0) is 10.0 Å². The Labute approximate surface area is 110 Å². The molecule has 6 heteroatoms. The second kappa shape index (κ2) is 6.84. The van der Waals surface area contributed by atoms with Crippen molar-refractivity contribution in [2.24, 2.45) is 0 Å². The third kappa shape index (κ3) is 4.84. The van der Waals surface area contributed by atoms with E-state index in [9.17, 15) is 8.42 Å². The lowest BCUT2D eigenvalue weighted by molar-refractivity contribution is 0.232. The van der Waals surface area contributed by atoms with E-state index >= 15 is 0 Å². The SMILES string of the molecule is O=S(=O)(CC1CCCN1)NCCN1CCCCC1. The number of nitrogens with zero attached hydrogens (tertiary/aromatic N) is 1. The average Bonchev–Trinajstić information content (AvgIpc) is 2.82. The van der Waals surface area contributed by atoms with Crippen molar-refractivity contribution in [3.05, 3.63) is 0 Å². The van der Waals surface area contributed by atoms with Gasteiger partial charge < -0.3 is 10.2 Å². The minimum absolute atomic E-state index is 0.150. The molecule has 0 bridgehead atoms. The van der Waals surface area contributed by atoms with E-state index in [0.717, 1.165) is 39.0 Å². The van der Waals surface area contributed by atoms with Crippen LogP contribution >= 0.6 is 0 Å². The third-order valence-corrected chi connectivity index (χ3v) is 5.27. The molecule has 0 aliphatic carbocycles. The highest BCUT2D eigenvalue weighted by Gasteiger charge is 2.21. The quantitative estimate of drug-likeness (QED) is 0.724. The first-order chi connectivity index (χ1) is 8.66. The molecule has 18 heavy (non-hydrogen) atoms. The van der Waals surface area contributed by atoms with Gasteiger partial charge in [0.15, 0.2) is 0 Å². The molecule has 0 spiro atoms. The van der Waals surface area contributed by atoms with Gasteiger partial charge in [0, 0.05) is 19.1 Å². The third-order valence-electron chi connectivity index (χ3n) is 3.78. The zero-order valence-corrected chi connectivity index (χ0v) is 11.8. The van der Waals surface area contributed by atoms with E-state index in [1.807, 2.05) is 0 Å². The summed E-state index contributed by atoms with van der Waals surface area (Å²) in [6, 6.07) is 0.150. The molecule has 2 rings (SSSR count). The monoisotopic (exact) mass is 275 g/mol. The minimum atomic E-state index is -3.10. The molecule has 1 unspecified atom stereocenters. The second-order valence-electron chi connectivity index (χ2n) is 5.37. The fraction of sp³-hybridized carbons (Fsp3) is 1.00. The number of sulfonamides is 1. The van der Waals surface area contributed by atoms with Crippen LogP contribution in [-0.4, -0.2) is 57.8 Å². The van der Waals surface area contributed by atoms with Crippen LogP contribution in [0, 0.1) is 0 Å². The van der Waals surface area contributed by atoms with Gasteiger partial charge in [-0.05, 0) is 45.3 Å². The largest absolute Gasteiger partial charge is 0.313 e. The van der Waals surface area contributed by atoms with E-state index in [1.165, 1.54) is 19.3 Å². The van der Waals surface area contributed by atoms with Crippen molar-refractivity contribution in [3.63, 3.8) is 0 Å². The van der Waals surface area contributed by atoms with E-state index in [4.69, 9.17) is 0 Å². The van der Waals surface area contributed by atoms with E-state index < -0.39 is 10.0 Å². The Kier molecular flexibility index (Phi) is 5.41. The molecule has 2 fully saturated rings. The van der Waals surface area contributed by atoms with Gasteiger partial charge in [-0.15, -0.1) is 0 Å². The summed E-state index contributed by atoms with van der Waals surface area (Å²) in [4.78, 5) is 2.35. The maximum absolute atomic E-state index is 11.9. The Morgan fingerprint density at radius 1 is 1.17 bits per heavy atom. The molecule has 0 aromatic rings. The van der Waals surface area contributed by atoms with Gasteiger partial charge in [-0.3, -0.25) is 0 Å². The van der Waals surface area contributed by atoms with Crippen molar-refractivity contribution in [1.29, 1.82) is 0 Å². The molecule has 106 valence electrons. The first-order valence-electron chi connectivity index (χ1n) is 7.09. The molecule has 1 atom stereocenters. The lowest BCUT2D eigenvalue weighted by Crippen LogP contribution is -2.41. The number of hydrogen-bond donors (Lipinski definition) is 2. The molecular weight excluding hydrogens is 250 g/mol. The Balaban J connectivity index is 1.64. The van der Waals surface area contributed by atoms with E-state index in [2.05, 4.69) is 14.9 Å². The molecular formula is C12H25N3O2S. The van der Waals surface area contributed by atoms with Gasteiger partial charge in [0.2, 0.25) is 10.0 Å². The highest BCUT2D eigenvalue weighted by atomic mass is 32.2. The maximum atomic E-state index is 11.9. The standard InChI is InChI=1S/C12H25N3O2S/c16-18(17,11-12-5-4-6-13-12)14-7-10-15-8-2-1-3-9-15/h12-14H,1-11H2. The number of rotatable bonds is 6. The van der Waals surface area contributed by atoms with Crippen molar-refractivity contribution in [3.8, 4) is 0 Å². The minimum Gasteiger partial charge on any atom is -0.313 e. The molecule has 0 aromatic carbocycles. The first-order valence-corrected chi connectivity index (χ1v) is 8.74. The Hall–Kier alpha value is -0.170. The van der Waals surface area contributed by atoms with Gasteiger partial charge in [-0.25, -0.2) is 13.1 Å². The molecule has 2 aliphatic heterocycles. The molecule has 2 saturated heterocycles. The van der Waals surface area contributed by atoms with Crippen LogP contribution in [0.3, 0.4) is 0 Å². The molecule has 0 saturated carbocycles. The Morgan fingerprint density at radius 3 is 2.61 bits per heavy atom. The van der Waals surface area contributed by atoms with Crippen LogP contribution in [0.15, 0.2) is 0 Å². The predicted molar refractivity (Wildman–Crippen MR) is 73.1 cm³/mol. The van der Waals surface area contributed by atoms with Crippen LogP contribution in [0.4, 0.5) is 0 Å². The summed E-state index contributed by atoms with van der Waals surface area (Å²) in [5, 5.41) is 3.22. The van der Waals surface area contributed by atoms with Crippen molar-refractivity contribution in [1.82, 2.24) is 14.9 Å². The van der Waals surface area contributed by atoms with Crippen LogP contribution < -0.4 is 10.0 Å². The topological polar surface area (TPSA) is 61.4 Å². The summed E-state index contributed by atoms with van der Waals surface area (Å²) in [5.74, 6) is 0.229. The molecule has 5 nitrogen and oxygen atoms in total. The summed E-state index contributed by atoms with van der Waals surface area (Å²) in [5.41, 5.74) is 0. The number of nitrogens with one attached hydrogen (secondary N) is 2. The second-order valence-corrected chi connectivity index (χ2v) is 7.22. The lowest BCUT2D eigenvalue weighted by atomic mass is 10.1. The average molecular weight is 275 g/mol. The van der Waals surface area contributed by atoms with Crippen LogP contribution in [0.25, 0.3) is 0 Å². The summed E-state index contributed by atoms with van der Waals surface area (Å²) < 4.78 is 26.4. The van der Waals surface area contributed by atoms with E-state index in [0.29, 0.717) is 6.54 Å². The highest BCUT2D eigenvalue weighted by molar-refractivity contribution is 7.89. The van der Waals surface area contributed by atoms with Crippen LogP contribution in [0.1, 0.15) is 32.1 Å². The van der Waals surface area contributed by atoms with Gasteiger partial charge >= 0.3 is 0 Å².